The van der Waals surface area contributed by atoms with Gasteiger partial charge in [0.2, 0.25) is 0 Å². The summed E-state index contributed by atoms with van der Waals surface area (Å²) in [6.07, 6.45) is 4.02. The molecular formula is C13H22N4. The van der Waals surface area contributed by atoms with E-state index in [0.29, 0.717) is 11.9 Å². The number of hydrogen-bond donors (Lipinski definition) is 1. The first-order valence-corrected chi connectivity index (χ1v) is 6.26. The van der Waals surface area contributed by atoms with Crippen LogP contribution in [0.4, 0.5) is 0 Å². The van der Waals surface area contributed by atoms with E-state index in [0.717, 1.165) is 25.7 Å². The standard InChI is InChI=1S/C13H22N4/c1-8(2)13-16-15-9(3)17(13)12-7-5-10-4-6-11(12)14-10/h8,10-12,14H,4-7H2,1-3H3/t10-,11+,12-/m1/s1/i1D3,2D3. The largest absolute Gasteiger partial charge is 0.310 e. The van der Waals surface area contributed by atoms with Crippen molar-refractivity contribution in [3.05, 3.63) is 11.6 Å². The van der Waals surface area contributed by atoms with Crippen LogP contribution in [0, 0.1) is 6.92 Å². The van der Waals surface area contributed by atoms with E-state index in [-0.39, 0.29) is 17.9 Å². The number of nitrogens with one attached hydrogen (secondary N) is 1. The van der Waals surface area contributed by atoms with Crippen LogP contribution in [-0.4, -0.2) is 26.8 Å². The van der Waals surface area contributed by atoms with E-state index in [1.54, 1.807) is 11.5 Å². The van der Waals surface area contributed by atoms with Gasteiger partial charge in [-0.25, -0.2) is 0 Å². The van der Waals surface area contributed by atoms with Crippen molar-refractivity contribution < 1.29 is 8.22 Å². The van der Waals surface area contributed by atoms with Crippen LogP contribution in [0.15, 0.2) is 0 Å². The molecule has 2 aliphatic rings. The number of nitrogens with zero attached hydrogens (tertiary/aromatic N) is 3. The van der Waals surface area contributed by atoms with Gasteiger partial charge in [0.15, 0.2) is 0 Å². The Morgan fingerprint density at radius 1 is 1.29 bits per heavy atom. The van der Waals surface area contributed by atoms with Gasteiger partial charge >= 0.3 is 0 Å². The van der Waals surface area contributed by atoms with Gasteiger partial charge in [0.1, 0.15) is 11.6 Å². The summed E-state index contributed by atoms with van der Waals surface area (Å²) in [6, 6.07) is 0.777. The van der Waals surface area contributed by atoms with Crippen molar-refractivity contribution in [2.24, 2.45) is 0 Å². The maximum absolute atomic E-state index is 7.68. The first-order chi connectivity index (χ1) is 10.6. The molecule has 2 fully saturated rings. The summed E-state index contributed by atoms with van der Waals surface area (Å²) in [7, 11) is 0. The fourth-order valence-electron chi connectivity index (χ4n) is 3.26. The topological polar surface area (TPSA) is 42.7 Å². The van der Waals surface area contributed by atoms with E-state index < -0.39 is 19.6 Å². The normalized spacial score (nSPS) is 39.1. The minimum Gasteiger partial charge on any atom is -0.310 e. The first kappa shape index (κ1) is 6.32. The lowest BCUT2D eigenvalue weighted by molar-refractivity contribution is 0.279. The second-order valence-electron chi connectivity index (χ2n) is 5.10. The third-order valence-electron chi connectivity index (χ3n) is 4.03. The Bertz CT molecular complexity index is 564. The summed E-state index contributed by atoms with van der Waals surface area (Å²) in [6.45, 7) is -3.54. The van der Waals surface area contributed by atoms with Crippen molar-refractivity contribution in [2.45, 2.75) is 70.4 Å². The molecule has 0 aromatic carbocycles. The van der Waals surface area contributed by atoms with Gasteiger partial charge in [-0.2, -0.15) is 0 Å². The molecule has 0 amide bonds. The molecule has 1 aromatic heterocycles. The Hall–Kier alpha value is -0.900. The lowest BCUT2D eigenvalue weighted by atomic mass is 9.98. The number of fused-ring (bicyclic) bond motifs is 2. The molecule has 0 aliphatic carbocycles. The van der Waals surface area contributed by atoms with Gasteiger partial charge in [-0.15, -0.1) is 10.2 Å². The lowest BCUT2D eigenvalue weighted by Gasteiger charge is -2.33. The van der Waals surface area contributed by atoms with Crippen molar-refractivity contribution in [1.82, 2.24) is 20.1 Å². The van der Waals surface area contributed by atoms with Gasteiger partial charge in [-0.3, -0.25) is 0 Å². The Kier molecular flexibility index (Phi) is 1.52. The monoisotopic (exact) mass is 240 g/mol. The third kappa shape index (κ3) is 1.79. The average molecular weight is 240 g/mol. The molecule has 4 nitrogen and oxygen atoms in total. The van der Waals surface area contributed by atoms with Crippen LogP contribution in [0.25, 0.3) is 0 Å². The van der Waals surface area contributed by atoms with Crippen LogP contribution in [0.3, 0.4) is 0 Å². The van der Waals surface area contributed by atoms with Crippen LogP contribution in [-0.2, 0) is 0 Å². The maximum Gasteiger partial charge on any atom is 0.135 e. The Morgan fingerprint density at radius 3 is 2.94 bits per heavy atom. The van der Waals surface area contributed by atoms with Crippen molar-refractivity contribution in [1.29, 1.82) is 0 Å². The van der Waals surface area contributed by atoms with Crippen molar-refractivity contribution >= 4 is 0 Å². The number of rotatable bonds is 2. The zero-order valence-electron chi connectivity index (χ0n) is 16.0. The Morgan fingerprint density at radius 2 is 2.12 bits per heavy atom. The zero-order valence-corrected chi connectivity index (χ0v) is 9.98. The van der Waals surface area contributed by atoms with Crippen molar-refractivity contribution in [3.63, 3.8) is 0 Å². The zero-order chi connectivity index (χ0) is 17.0. The molecule has 0 unspecified atom stereocenters. The van der Waals surface area contributed by atoms with Crippen molar-refractivity contribution in [3.8, 4) is 0 Å². The van der Waals surface area contributed by atoms with Gasteiger partial charge in [0.25, 0.3) is 0 Å². The van der Waals surface area contributed by atoms with Crippen LogP contribution >= 0.6 is 0 Å². The van der Waals surface area contributed by atoms with Crippen LogP contribution in [0.2, 0.25) is 0 Å². The van der Waals surface area contributed by atoms with E-state index in [4.69, 9.17) is 8.22 Å². The molecule has 1 aromatic rings. The molecule has 0 radical (unpaired) electrons. The first-order valence-electron chi connectivity index (χ1n) is 9.26. The van der Waals surface area contributed by atoms with Crippen molar-refractivity contribution in [2.75, 3.05) is 0 Å². The van der Waals surface area contributed by atoms with Gasteiger partial charge < -0.3 is 9.88 Å². The summed E-state index contributed by atoms with van der Waals surface area (Å²) in [5, 5.41) is 11.5. The van der Waals surface area contributed by atoms with Gasteiger partial charge in [0, 0.05) is 26.2 Å². The van der Waals surface area contributed by atoms with Gasteiger partial charge in [-0.05, 0) is 32.6 Å². The number of aryl methyl sites for hydroxylation is 1. The third-order valence-corrected chi connectivity index (χ3v) is 4.03. The number of piperidine rings is 1. The highest BCUT2D eigenvalue weighted by atomic mass is 15.3. The molecule has 1 N–H and O–H groups in total. The molecule has 2 bridgehead atoms. The fraction of sp³-hybridized carbons (Fsp3) is 0.846. The van der Waals surface area contributed by atoms with E-state index in [1.165, 1.54) is 0 Å². The van der Waals surface area contributed by atoms with E-state index in [1.807, 2.05) is 0 Å². The molecule has 0 spiro atoms. The van der Waals surface area contributed by atoms with Crippen LogP contribution < -0.4 is 5.32 Å². The highest BCUT2D eigenvalue weighted by Crippen LogP contribution is 2.36. The molecule has 2 saturated heterocycles. The maximum atomic E-state index is 7.68. The smallest absolute Gasteiger partial charge is 0.135 e. The summed E-state index contributed by atoms with van der Waals surface area (Å²) < 4.78 is 47.9. The molecule has 3 heterocycles. The number of aromatic nitrogens is 3. The molecule has 4 heteroatoms. The molecule has 17 heavy (non-hydrogen) atoms. The van der Waals surface area contributed by atoms with Gasteiger partial charge in [-0.1, -0.05) is 13.7 Å². The highest BCUT2D eigenvalue weighted by molar-refractivity contribution is 5.06. The lowest BCUT2D eigenvalue weighted by Crippen LogP contribution is -2.42. The summed E-state index contributed by atoms with van der Waals surface area (Å²) in [5.41, 5.74) is 0. The molecule has 0 saturated carbocycles. The van der Waals surface area contributed by atoms with E-state index in [2.05, 4.69) is 15.5 Å². The minimum atomic E-state index is -2.65. The molecule has 3 rings (SSSR count). The van der Waals surface area contributed by atoms with E-state index >= 15 is 0 Å². The second kappa shape index (κ2) is 4.09. The Labute approximate surface area is 111 Å². The predicted molar refractivity (Wildman–Crippen MR) is 67.1 cm³/mol. The summed E-state index contributed by atoms with van der Waals surface area (Å²) in [5.74, 6) is -0.967. The van der Waals surface area contributed by atoms with Crippen LogP contribution in [0.1, 0.15) is 71.2 Å². The quantitative estimate of drug-likeness (QED) is 0.861. The molecule has 2 aliphatic heterocycles. The SMILES string of the molecule is [2H]C([2H])([2H])C(c1nnc(C)n1[C@@H]1CC[C@H]2CC[C@@H]1N2)C([2H])([2H])[2H]. The van der Waals surface area contributed by atoms with Gasteiger partial charge in [0.05, 0.1) is 6.04 Å². The Balaban J connectivity index is 2.04. The predicted octanol–water partition coefficient (Wildman–Crippen LogP) is 2.17. The van der Waals surface area contributed by atoms with E-state index in [9.17, 15) is 0 Å². The second-order valence-corrected chi connectivity index (χ2v) is 5.10. The fourth-order valence-corrected chi connectivity index (χ4v) is 3.26. The molecule has 3 atom stereocenters. The summed E-state index contributed by atoms with van der Waals surface area (Å²) >= 11 is 0. The van der Waals surface area contributed by atoms with Crippen LogP contribution in [0.5, 0.6) is 0 Å². The highest BCUT2D eigenvalue weighted by Gasteiger charge is 2.37. The average Bonchev–Trinajstić information content (AvgIpc) is 2.93. The molecular weight excluding hydrogens is 212 g/mol. The number of hydrogen-bond acceptors (Lipinski definition) is 3. The minimum absolute atomic E-state index is 0.0194. The molecule has 94 valence electrons. The summed E-state index contributed by atoms with van der Waals surface area (Å²) in [4.78, 5) is 0.